The highest BCUT2D eigenvalue weighted by Gasteiger charge is 2.13. The molecule has 28 heavy (non-hydrogen) atoms. The van der Waals surface area contributed by atoms with Crippen LogP contribution in [0.3, 0.4) is 0 Å². The second-order valence-electron chi connectivity index (χ2n) is 6.33. The monoisotopic (exact) mass is 374 g/mol. The number of nitrogens with zero attached hydrogens (tertiary/aromatic N) is 6. The van der Waals surface area contributed by atoms with E-state index in [9.17, 15) is 4.79 Å². The summed E-state index contributed by atoms with van der Waals surface area (Å²) in [5, 5.41) is 11.0. The first-order chi connectivity index (χ1) is 13.5. The van der Waals surface area contributed by atoms with Crippen LogP contribution in [-0.2, 0) is 14.1 Å². The van der Waals surface area contributed by atoms with Crippen molar-refractivity contribution >= 4 is 17.4 Å². The molecule has 0 aromatic carbocycles. The van der Waals surface area contributed by atoms with Crippen LogP contribution in [0.25, 0.3) is 22.4 Å². The number of rotatable bonds is 4. The molecule has 0 unspecified atom stereocenters. The zero-order valence-corrected chi connectivity index (χ0v) is 15.4. The molecule has 0 radical (unpaired) electrons. The van der Waals surface area contributed by atoms with Crippen molar-refractivity contribution in [3.63, 3.8) is 0 Å². The number of hydrogen-bond acceptors (Lipinski definition) is 6. The molecule has 0 aliphatic carbocycles. The van der Waals surface area contributed by atoms with Crippen LogP contribution in [0.4, 0.5) is 11.5 Å². The number of nitrogens with two attached hydrogens (primary N) is 1. The van der Waals surface area contributed by atoms with Crippen molar-refractivity contribution < 1.29 is 4.79 Å². The summed E-state index contributed by atoms with van der Waals surface area (Å²) in [7, 11) is 3.67. The van der Waals surface area contributed by atoms with Gasteiger partial charge in [0.25, 0.3) is 5.91 Å². The van der Waals surface area contributed by atoms with Gasteiger partial charge in [-0.2, -0.15) is 10.2 Å². The maximum Gasteiger partial charge on any atom is 0.275 e. The van der Waals surface area contributed by atoms with Crippen LogP contribution in [0.1, 0.15) is 10.5 Å². The van der Waals surface area contributed by atoms with Crippen LogP contribution >= 0.6 is 0 Å². The van der Waals surface area contributed by atoms with Gasteiger partial charge in [0.2, 0.25) is 0 Å². The molecule has 3 N–H and O–H groups in total. The Balaban J connectivity index is 1.55. The minimum absolute atomic E-state index is 0.264. The average molecular weight is 374 g/mol. The first-order valence-corrected chi connectivity index (χ1v) is 8.51. The van der Waals surface area contributed by atoms with Crippen LogP contribution in [-0.4, -0.2) is 35.4 Å². The summed E-state index contributed by atoms with van der Waals surface area (Å²) in [6.07, 6.45) is 8.79. The summed E-state index contributed by atoms with van der Waals surface area (Å²) in [5.41, 5.74) is 9.91. The molecule has 9 nitrogen and oxygen atoms in total. The lowest BCUT2D eigenvalue weighted by Gasteiger charge is -2.09. The third kappa shape index (κ3) is 3.45. The summed E-state index contributed by atoms with van der Waals surface area (Å²) < 4.78 is 3.39. The lowest BCUT2D eigenvalue weighted by molar-refractivity contribution is 0.102. The number of nitrogen functional groups attached to an aromatic ring is 1. The Kier molecular flexibility index (Phi) is 4.32. The van der Waals surface area contributed by atoms with Gasteiger partial charge in [-0.1, -0.05) is 6.07 Å². The molecule has 0 aliphatic rings. The van der Waals surface area contributed by atoms with Crippen LogP contribution in [0, 0.1) is 0 Å². The van der Waals surface area contributed by atoms with Crippen LogP contribution in [0.2, 0.25) is 0 Å². The second kappa shape index (κ2) is 6.95. The number of pyridine rings is 2. The molecule has 0 atom stereocenters. The lowest BCUT2D eigenvalue weighted by atomic mass is 10.1. The number of carbonyl (C=O) groups is 1. The van der Waals surface area contributed by atoms with Gasteiger partial charge in [0, 0.05) is 49.4 Å². The molecule has 4 aromatic heterocycles. The summed E-state index contributed by atoms with van der Waals surface area (Å²) in [5.74, 6) is -0.107. The molecule has 4 rings (SSSR count). The molecule has 4 heterocycles. The number of hydrogen-bond donors (Lipinski definition) is 2. The number of aryl methyl sites for hydroxylation is 2. The fraction of sp³-hybridized carbons (Fsp3) is 0.105. The van der Waals surface area contributed by atoms with Gasteiger partial charge in [-0.05, 0) is 18.2 Å². The van der Waals surface area contributed by atoms with Crippen molar-refractivity contribution in [2.45, 2.75) is 0 Å². The lowest BCUT2D eigenvalue weighted by Crippen LogP contribution is -2.16. The van der Waals surface area contributed by atoms with E-state index in [2.05, 4.69) is 25.5 Å². The molecule has 0 spiro atoms. The van der Waals surface area contributed by atoms with E-state index in [0.717, 1.165) is 16.7 Å². The van der Waals surface area contributed by atoms with Gasteiger partial charge in [-0.15, -0.1) is 0 Å². The molecule has 0 saturated carbocycles. The van der Waals surface area contributed by atoms with Crippen molar-refractivity contribution in [1.29, 1.82) is 0 Å². The van der Waals surface area contributed by atoms with E-state index in [-0.39, 0.29) is 17.4 Å². The SMILES string of the molecule is Cn1cc(-c2ccc(C(=O)Nc3nc(-c4cnn(C)c4)ccc3N)nc2)cn1. The van der Waals surface area contributed by atoms with Gasteiger partial charge in [0.15, 0.2) is 5.82 Å². The number of carbonyl (C=O) groups excluding carboxylic acids is 1. The second-order valence-corrected chi connectivity index (χ2v) is 6.33. The van der Waals surface area contributed by atoms with E-state index >= 15 is 0 Å². The molecular weight excluding hydrogens is 356 g/mol. The summed E-state index contributed by atoms with van der Waals surface area (Å²) in [6.45, 7) is 0. The van der Waals surface area contributed by atoms with Crippen molar-refractivity contribution in [1.82, 2.24) is 29.5 Å². The first-order valence-electron chi connectivity index (χ1n) is 8.51. The molecule has 0 saturated heterocycles. The maximum absolute atomic E-state index is 12.6. The zero-order valence-electron chi connectivity index (χ0n) is 15.4. The molecule has 9 heteroatoms. The predicted octanol–water partition coefficient (Wildman–Crippen LogP) is 2.11. The van der Waals surface area contributed by atoms with E-state index in [0.29, 0.717) is 11.4 Å². The maximum atomic E-state index is 12.6. The van der Waals surface area contributed by atoms with Gasteiger partial charge in [0.05, 0.1) is 23.8 Å². The smallest absolute Gasteiger partial charge is 0.275 e. The Morgan fingerprint density at radius 2 is 1.64 bits per heavy atom. The minimum atomic E-state index is -0.389. The fourth-order valence-electron chi connectivity index (χ4n) is 2.73. The molecule has 4 aromatic rings. The largest absolute Gasteiger partial charge is 0.396 e. The Bertz CT molecular complexity index is 1140. The number of nitrogens with one attached hydrogen (secondary N) is 1. The van der Waals surface area contributed by atoms with Crippen molar-refractivity contribution in [2.75, 3.05) is 11.1 Å². The minimum Gasteiger partial charge on any atom is -0.396 e. The van der Waals surface area contributed by atoms with Crippen molar-refractivity contribution in [3.8, 4) is 22.4 Å². The Morgan fingerprint density at radius 1 is 0.929 bits per heavy atom. The number of anilines is 2. The molecular formula is C19H18N8O. The van der Waals surface area contributed by atoms with E-state index < -0.39 is 0 Å². The molecule has 1 amide bonds. The predicted molar refractivity (Wildman–Crippen MR) is 105 cm³/mol. The Morgan fingerprint density at radius 3 is 2.25 bits per heavy atom. The van der Waals surface area contributed by atoms with Crippen LogP contribution in [0.15, 0.2) is 55.2 Å². The summed E-state index contributed by atoms with van der Waals surface area (Å²) in [4.78, 5) is 21.3. The zero-order chi connectivity index (χ0) is 19.7. The van der Waals surface area contributed by atoms with E-state index in [4.69, 9.17) is 5.73 Å². The highest BCUT2D eigenvalue weighted by molar-refractivity contribution is 6.04. The summed E-state index contributed by atoms with van der Waals surface area (Å²) in [6, 6.07) is 6.95. The van der Waals surface area contributed by atoms with E-state index in [1.54, 1.807) is 46.2 Å². The average Bonchev–Trinajstić information content (AvgIpc) is 3.32. The molecule has 140 valence electrons. The molecule has 0 fully saturated rings. The van der Waals surface area contributed by atoms with E-state index in [1.165, 1.54) is 0 Å². The van der Waals surface area contributed by atoms with Crippen LogP contribution in [0.5, 0.6) is 0 Å². The number of amides is 1. The van der Waals surface area contributed by atoms with Gasteiger partial charge in [-0.25, -0.2) is 4.98 Å². The van der Waals surface area contributed by atoms with Gasteiger partial charge in [0.1, 0.15) is 5.69 Å². The van der Waals surface area contributed by atoms with Crippen molar-refractivity contribution in [2.24, 2.45) is 14.1 Å². The van der Waals surface area contributed by atoms with Crippen molar-refractivity contribution in [3.05, 3.63) is 60.9 Å². The highest BCUT2D eigenvalue weighted by Crippen LogP contribution is 2.23. The number of aromatic nitrogens is 6. The summed E-state index contributed by atoms with van der Waals surface area (Å²) >= 11 is 0. The Labute approximate surface area is 160 Å². The van der Waals surface area contributed by atoms with Gasteiger partial charge < -0.3 is 11.1 Å². The molecule has 0 aliphatic heterocycles. The third-order valence-corrected chi connectivity index (χ3v) is 4.19. The normalized spacial score (nSPS) is 10.8. The third-order valence-electron chi connectivity index (χ3n) is 4.19. The van der Waals surface area contributed by atoms with E-state index in [1.807, 2.05) is 32.6 Å². The quantitative estimate of drug-likeness (QED) is 0.565. The fourth-order valence-corrected chi connectivity index (χ4v) is 2.73. The highest BCUT2D eigenvalue weighted by atomic mass is 16.1. The topological polar surface area (TPSA) is 117 Å². The molecule has 0 bridgehead atoms. The van der Waals surface area contributed by atoms with Gasteiger partial charge >= 0.3 is 0 Å². The first kappa shape index (κ1) is 17.4. The standard InChI is InChI=1S/C19H18N8O/c1-26-10-13(8-22-26)12-3-5-17(21-7-12)19(28)25-18-15(20)4-6-16(24-18)14-9-23-27(2)11-14/h3-11H,20H2,1-2H3,(H,24,25,28). The van der Waals surface area contributed by atoms with Crippen LogP contribution < -0.4 is 11.1 Å². The Hall–Kier alpha value is -4.01. The van der Waals surface area contributed by atoms with Gasteiger partial charge in [-0.3, -0.25) is 19.1 Å².